The molecular formula is C13H14F4N4. The van der Waals surface area contributed by atoms with Crippen LogP contribution in [-0.4, -0.2) is 9.78 Å². The number of aryl methyl sites for hydroxylation is 2. The van der Waals surface area contributed by atoms with Crippen molar-refractivity contribution in [1.82, 2.24) is 9.78 Å². The normalized spacial score (nSPS) is 11.7. The van der Waals surface area contributed by atoms with Crippen LogP contribution in [0, 0.1) is 5.82 Å². The predicted octanol–water partition coefficient (Wildman–Crippen LogP) is 3.47. The van der Waals surface area contributed by atoms with Gasteiger partial charge in [0.05, 0.1) is 16.9 Å². The molecule has 0 aliphatic carbocycles. The number of hydrogen-bond donors (Lipinski definition) is 2. The summed E-state index contributed by atoms with van der Waals surface area (Å²) in [5.74, 6) is -0.952. The van der Waals surface area contributed by atoms with E-state index in [1.54, 1.807) is 7.05 Å². The number of hydrogen-bond acceptors (Lipinski definition) is 3. The molecule has 0 saturated heterocycles. The second kappa shape index (κ2) is 5.27. The van der Waals surface area contributed by atoms with Crippen LogP contribution in [0.5, 0.6) is 0 Å². The van der Waals surface area contributed by atoms with E-state index in [9.17, 15) is 17.6 Å². The minimum Gasteiger partial charge on any atom is -0.394 e. The van der Waals surface area contributed by atoms with Gasteiger partial charge in [0, 0.05) is 12.7 Å². The average Bonchev–Trinajstić information content (AvgIpc) is 2.67. The first kappa shape index (κ1) is 15.1. The summed E-state index contributed by atoms with van der Waals surface area (Å²) < 4.78 is 52.7. The molecule has 1 aromatic carbocycles. The Balaban J connectivity index is 2.39. The van der Waals surface area contributed by atoms with E-state index in [0.29, 0.717) is 29.7 Å². The minimum absolute atomic E-state index is 0.0843. The molecule has 3 N–H and O–H groups in total. The maximum atomic E-state index is 13.2. The highest BCUT2D eigenvalue weighted by molar-refractivity contribution is 5.71. The molecule has 1 heterocycles. The highest BCUT2D eigenvalue weighted by Gasteiger charge is 2.34. The average molecular weight is 302 g/mol. The van der Waals surface area contributed by atoms with Crippen molar-refractivity contribution in [3.63, 3.8) is 0 Å². The zero-order valence-corrected chi connectivity index (χ0v) is 11.4. The van der Waals surface area contributed by atoms with Gasteiger partial charge in [0.25, 0.3) is 0 Å². The van der Waals surface area contributed by atoms with Gasteiger partial charge in [0.1, 0.15) is 5.82 Å². The van der Waals surface area contributed by atoms with Crippen LogP contribution in [0.1, 0.15) is 18.2 Å². The highest BCUT2D eigenvalue weighted by Crippen LogP contribution is 2.34. The van der Waals surface area contributed by atoms with Gasteiger partial charge in [-0.15, -0.1) is 0 Å². The maximum Gasteiger partial charge on any atom is 0.419 e. The minimum atomic E-state index is -4.76. The summed E-state index contributed by atoms with van der Waals surface area (Å²) in [7, 11) is 1.62. The number of benzene rings is 1. The van der Waals surface area contributed by atoms with Gasteiger partial charge in [-0.2, -0.15) is 18.3 Å². The largest absolute Gasteiger partial charge is 0.419 e. The Bertz CT molecular complexity index is 661. The topological polar surface area (TPSA) is 55.9 Å². The lowest BCUT2D eigenvalue weighted by Gasteiger charge is -2.12. The first-order valence-electron chi connectivity index (χ1n) is 6.19. The Labute approximate surface area is 118 Å². The van der Waals surface area contributed by atoms with E-state index in [4.69, 9.17) is 5.73 Å². The zero-order chi connectivity index (χ0) is 15.8. The molecule has 114 valence electrons. The lowest BCUT2D eigenvalue weighted by molar-refractivity contribution is -0.139. The summed E-state index contributed by atoms with van der Waals surface area (Å²) in [6.45, 7) is 1.86. The SMILES string of the molecule is CCc1nn(C)c(Nc2ccc(F)c(C(F)(F)F)c2)c1N. The van der Waals surface area contributed by atoms with Crippen molar-refractivity contribution in [1.29, 1.82) is 0 Å². The third-order valence-corrected chi connectivity index (χ3v) is 3.03. The van der Waals surface area contributed by atoms with Crippen LogP contribution >= 0.6 is 0 Å². The van der Waals surface area contributed by atoms with E-state index in [1.165, 1.54) is 10.7 Å². The standard InChI is InChI=1S/C13H14F4N4/c1-3-10-11(18)12(21(2)20-10)19-7-4-5-9(14)8(6-7)13(15,16)17/h4-6,19H,3,18H2,1-2H3. The summed E-state index contributed by atoms with van der Waals surface area (Å²) in [5.41, 5.74) is 5.63. The second-order valence-electron chi connectivity index (χ2n) is 4.50. The predicted molar refractivity (Wildman–Crippen MR) is 71.7 cm³/mol. The van der Waals surface area contributed by atoms with Gasteiger partial charge in [-0.1, -0.05) is 6.92 Å². The van der Waals surface area contributed by atoms with E-state index in [-0.39, 0.29) is 5.69 Å². The van der Waals surface area contributed by atoms with Gasteiger partial charge in [0.2, 0.25) is 0 Å². The van der Waals surface area contributed by atoms with E-state index in [0.717, 1.165) is 6.07 Å². The molecule has 0 aliphatic heterocycles. The van der Waals surface area contributed by atoms with Crippen LogP contribution in [0.4, 0.5) is 34.8 Å². The summed E-state index contributed by atoms with van der Waals surface area (Å²) in [6.07, 6.45) is -4.16. The van der Waals surface area contributed by atoms with Crippen LogP contribution in [0.3, 0.4) is 0 Å². The molecule has 1 aromatic heterocycles. The molecule has 0 saturated carbocycles. The van der Waals surface area contributed by atoms with Crippen molar-refractivity contribution in [2.45, 2.75) is 19.5 Å². The van der Waals surface area contributed by atoms with E-state index in [2.05, 4.69) is 10.4 Å². The van der Waals surface area contributed by atoms with E-state index < -0.39 is 17.6 Å². The molecule has 0 atom stereocenters. The number of nitrogen functional groups attached to an aromatic ring is 1. The number of rotatable bonds is 3. The second-order valence-corrected chi connectivity index (χ2v) is 4.50. The van der Waals surface area contributed by atoms with Crippen LogP contribution in [-0.2, 0) is 19.6 Å². The van der Waals surface area contributed by atoms with Crippen LogP contribution in [0.25, 0.3) is 0 Å². The fraction of sp³-hybridized carbons (Fsp3) is 0.308. The molecule has 0 fully saturated rings. The number of aromatic nitrogens is 2. The Morgan fingerprint density at radius 1 is 1.33 bits per heavy atom. The number of nitrogens with two attached hydrogens (primary N) is 1. The Kier molecular flexibility index (Phi) is 3.80. The molecule has 21 heavy (non-hydrogen) atoms. The molecule has 0 bridgehead atoms. The lowest BCUT2D eigenvalue weighted by Crippen LogP contribution is -2.09. The van der Waals surface area contributed by atoms with Gasteiger partial charge < -0.3 is 11.1 Å². The number of alkyl halides is 3. The van der Waals surface area contributed by atoms with Gasteiger partial charge in [0.15, 0.2) is 5.82 Å². The summed E-state index contributed by atoms with van der Waals surface area (Å²) in [4.78, 5) is 0. The first-order valence-corrected chi connectivity index (χ1v) is 6.19. The number of halogens is 4. The first-order chi connectivity index (χ1) is 9.74. The molecule has 2 aromatic rings. The van der Waals surface area contributed by atoms with Crippen molar-refractivity contribution < 1.29 is 17.6 Å². The van der Waals surface area contributed by atoms with Gasteiger partial charge in [-0.3, -0.25) is 4.68 Å². The van der Waals surface area contributed by atoms with Gasteiger partial charge in [-0.05, 0) is 24.6 Å². The molecule has 0 amide bonds. The smallest absolute Gasteiger partial charge is 0.394 e. The fourth-order valence-corrected chi connectivity index (χ4v) is 1.96. The molecule has 4 nitrogen and oxygen atoms in total. The third-order valence-electron chi connectivity index (χ3n) is 3.03. The quantitative estimate of drug-likeness (QED) is 0.854. The summed E-state index contributed by atoms with van der Waals surface area (Å²) in [5, 5.41) is 6.89. The monoisotopic (exact) mass is 302 g/mol. The molecule has 2 rings (SSSR count). The Hall–Kier alpha value is -2.25. The fourth-order valence-electron chi connectivity index (χ4n) is 1.96. The summed E-state index contributed by atoms with van der Waals surface area (Å²) >= 11 is 0. The lowest BCUT2D eigenvalue weighted by atomic mass is 10.1. The molecule has 0 spiro atoms. The Morgan fingerprint density at radius 2 is 2.00 bits per heavy atom. The van der Waals surface area contributed by atoms with Crippen molar-refractivity contribution in [3.8, 4) is 0 Å². The number of nitrogens with one attached hydrogen (secondary N) is 1. The van der Waals surface area contributed by atoms with Crippen LogP contribution < -0.4 is 11.1 Å². The third kappa shape index (κ3) is 2.93. The molecule has 0 radical (unpaired) electrons. The maximum absolute atomic E-state index is 13.2. The van der Waals surface area contributed by atoms with Crippen molar-refractivity contribution >= 4 is 17.2 Å². The molecule has 0 unspecified atom stereocenters. The van der Waals surface area contributed by atoms with Crippen LogP contribution in [0.2, 0.25) is 0 Å². The van der Waals surface area contributed by atoms with Crippen molar-refractivity contribution in [2.75, 3.05) is 11.1 Å². The zero-order valence-electron chi connectivity index (χ0n) is 11.4. The van der Waals surface area contributed by atoms with E-state index in [1.807, 2.05) is 6.92 Å². The van der Waals surface area contributed by atoms with E-state index >= 15 is 0 Å². The highest BCUT2D eigenvalue weighted by atomic mass is 19.4. The molecule has 0 aliphatic rings. The molecular weight excluding hydrogens is 288 g/mol. The Morgan fingerprint density at radius 3 is 2.52 bits per heavy atom. The van der Waals surface area contributed by atoms with Gasteiger partial charge in [-0.25, -0.2) is 4.39 Å². The van der Waals surface area contributed by atoms with Crippen molar-refractivity contribution in [2.24, 2.45) is 7.05 Å². The molecule has 8 heteroatoms. The summed E-state index contributed by atoms with van der Waals surface area (Å²) in [6, 6.07) is 2.68. The van der Waals surface area contributed by atoms with Crippen LogP contribution in [0.15, 0.2) is 18.2 Å². The van der Waals surface area contributed by atoms with Crippen molar-refractivity contribution in [3.05, 3.63) is 35.3 Å². The van der Waals surface area contributed by atoms with Gasteiger partial charge >= 0.3 is 6.18 Å². The number of nitrogens with zero attached hydrogens (tertiary/aromatic N) is 2. The number of anilines is 3.